The third-order valence-corrected chi connectivity index (χ3v) is 7.14. The van der Waals surface area contributed by atoms with Crippen LogP contribution in [0.4, 0.5) is 0 Å². The van der Waals surface area contributed by atoms with E-state index in [1.54, 1.807) is 13.0 Å². The fourth-order valence-corrected chi connectivity index (χ4v) is 5.02. The number of imidazole rings is 1. The van der Waals surface area contributed by atoms with Crippen molar-refractivity contribution in [2.45, 2.75) is 50.8 Å². The van der Waals surface area contributed by atoms with Crippen LogP contribution in [-0.4, -0.2) is 63.6 Å². The van der Waals surface area contributed by atoms with E-state index in [4.69, 9.17) is 4.98 Å². The summed E-state index contributed by atoms with van der Waals surface area (Å²) in [6, 6.07) is 13.6. The number of H-pyrrole nitrogens is 1. The number of fused-ring (bicyclic) bond motifs is 2. The van der Waals surface area contributed by atoms with E-state index < -0.39 is 6.10 Å². The molecule has 8 nitrogen and oxygen atoms in total. The number of hydrogen-bond acceptors (Lipinski definition) is 5. The van der Waals surface area contributed by atoms with Crippen molar-refractivity contribution in [3.63, 3.8) is 0 Å². The lowest BCUT2D eigenvalue weighted by molar-refractivity contribution is -0.129. The molecular formula is C26H31N5O3. The first-order chi connectivity index (χ1) is 16.5. The summed E-state index contributed by atoms with van der Waals surface area (Å²) in [5.74, 6) is 1.09. The summed E-state index contributed by atoms with van der Waals surface area (Å²) in [4.78, 5) is 34.3. The van der Waals surface area contributed by atoms with Gasteiger partial charge < -0.3 is 25.6 Å². The maximum atomic E-state index is 12.8. The zero-order valence-corrected chi connectivity index (χ0v) is 19.4. The molecule has 0 radical (unpaired) electrons. The van der Waals surface area contributed by atoms with Crippen molar-refractivity contribution in [1.29, 1.82) is 0 Å². The third-order valence-electron chi connectivity index (χ3n) is 7.14. The van der Waals surface area contributed by atoms with Gasteiger partial charge >= 0.3 is 0 Å². The molecule has 2 amide bonds. The Labute approximate surface area is 198 Å². The number of likely N-dealkylation sites (tertiary alicyclic amines) is 1. The van der Waals surface area contributed by atoms with Gasteiger partial charge in [0.1, 0.15) is 5.82 Å². The molecule has 8 heteroatoms. The molecule has 1 unspecified atom stereocenters. The molecule has 0 spiro atoms. The Morgan fingerprint density at radius 1 is 1.18 bits per heavy atom. The number of amides is 2. The number of rotatable bonds is 5. The summed E-state index contributed by atoms with van der Waals surface area (Å²) in [6.45, 7) is 4.00. The lowest BCUT2D eigenvalue weighted by Crippen LogP contribution is -2.49. The number of carbonyl (C=O) groups is 2. The van der Waals surface area contributed by atoms with Crippen molar-refractivity contribution < 1.29 is 14.7 Å². The van der Waals surface area contributed by atoms with E-state index in [9.17, 15) is 14.7 Å². The molecule has 3 aromatic rings. The molecule has 1 saturated heterocycles. The van der Waals surface area contributed by atoms with E-state index in [2.05, 4.69) is 27.8 Å². The molecule has 0 saturated carbocycles. The molecule has 1 fully saturated rings. The Balaban J connectivity index is 1.19. The van der Waals surface area contributed by atoms with Crippen molar-refractivity contribution in [2.75, 3.05) is 19.6 Å². The van der Waals surface area contributed by atoms with Crippen molar-refractivity contribution in [1.82, 2.24) is 25.5 Å². The lowest BCUT2D eigenvalue weighted by atomic mass is 9.93. The minimum Gasteiger partial charge on any atom is -0.390 e. The number of aliphatic hydroxyl groups excluding tert-OH is 1. The van der Waals surface area contributed by atoms with Gasteiger partial charge in [0, 0.05) is 50.6 Å². The van der Waals surface area contributed by atoms with Gasteiger partial charge in [0.05, 0.1) is 17.1 Å². The van der Waals surface area contributed by atoms with Gasteiger partial charge in [-0.3, -0.25) is 9.59 Å². The van der Waals surface area contributed by atoms with Gasteiger partial charge in [-0.1, -0.05) is 24.3 Å². The van der Waals surface area contributed by atoms with Crippen LogP contribution in [0.3, 0.4) is 0 Å². The number of nitrogens with zero attached hydrogens (tertiary/aromatic N) is 2. The van der Waals surface area contributed by atoms with Gasteiger partial charge in [0.15, 0.2) is 0 Å². The largest absolute Gasteiger partial charge is 0.390 e. The van der Waals surface area contributed by atoms with Gasteiger partial charge in [0.25, 0.3) is 5.91 Å². The first-order valence-electron chi connectivity index (χ1n) is 12.0. The molecule has 1 aromatic heterocycles. The molecule has 3 heterocycles. The van der Waals surface area contributed by atoms with Gasteiger partial charge in [-0.15, -0.1) is 0 Å². The highest BCUT2D eigenvalue weighted by Crippen LogP contribution is 2.28. The molecule has 0 aliphatic carbocycles. The smallest absolute Gasteiger partial charge is 0.251 e. The number of aromatic nitrogens is 2. The number of hydrogen-bond donors (Lipinski definition) is 4. The molecule has 0 bridgehead atoms. The van der Waals surface area contributed by atoms with E-state index in [0.717, 1.165) is 55.8 Å². The van der Waals surface area contributed by atoms with Gasteiger partial charge in [-0.25, -0.2) is 4.98 Å². The summed E-state index contributed by atoms with van der Waals surface area (Å²) in [6.07, 6.45) is 1.82. The Bertz CT molecular complexity index is 1200. The highest BCUT2D eigenvalue weighted by atomic mass is 16.3. The van der Waals surface area contributed by atoms with E-state index in [1.165, 1.54) is 11.1 Å². The zero-order chi connectivity index (χ0) is 23.7. The second kappa shape index (κ2) is 9.56. The summed E-state index contributed by atoms with van der Waals surface area (Å²) < 4.78 is 0. The van der Waals surface area contributed by atoms with Crippen molar-refractivity contribution in [2.24, 2.45) is 0 Å². The SMILES string of the molecule is CC(=O)N1CCC(c2nc3ccc(C(=O)NCC(O)[C@@H]4Cc5ccccc5CN4)cc3[nH]2)CC1. The molecule has 5 rings (SSSR count). The molecule has 4 N–H and O–H groups in total. The average Bonchev–Trinajstić information content (AvgIpc) is 3.30. The Morgan fingerprint density at radius 2 is 1.94 bits per heavy atom. The zero-order valence-electron chi connectivity index (χ0n) is 19.4. The molecule has 178 valence electrons. The van der Waals surface area contributed by atoms with Crippen LogP contribution in [0.2, 0.25) is 0 Å². The summed E-state index contributed by atoms with van der Waals surface area (Å²) in [5, 5.41) is 16.9. The monoisotopic (exact) mass is 461 g/mol. The van der Waals surface area contributed by atoms with Crippen molar-refractivity contribution in [3.05, 3.63) is 65.0 Å². The lowest BCUT2D eigenvalue weighted by Gasteiger charge is -2.30. The van der Waals surface area contributed by atoms with Gasteiger partial charge in [-0.05, 0) is 48.6 Å². The molecule has 34 heavy (non-hydrogen) atoms. The van der Waals surface area contributed by atoms with E-state index in [1.807, 2.05) is 29.2 Å². The molecule has 2 aromatic carbocycles. The van der Waals surface area contributed by atoms with E-state index in [0.29, 0.717) is 5.56 Å². The summed E-state index contributed by atoms with van der Waals surface area (Å²) in [5.41, 5.74) is 4.67. The highest BCUT2D eigenvalue weighted by Gasteiger charge is 2.26. The number of benzene rings is 2. The number of aromatic amines is 1. The first-order valence-corrected chi connectivity index (χ1v) is 12.0. The average molecular weight is 462 g/mol. The maximum Gasteiger partial charge on any atom is 0.251 e. The minimum atomic E-state index is -0.680. The Kier molecular flexibility index (Phi) is 6.34. The van der Waals surface area contributed by atoms with Crippen LogP contribution in [0.25, 0.3) is 11.0 Å². The van der Waals surface area contributed by atoms with Crippen LogP contribution in [0.1, 0.15) is 53.0 Å². The van der Waals surface area contributed by atoms with Crippen LogP contribution in [0, 0.1) is 0 Å². The van der Waals surface area contributed by atoms with Crippen molar-refractivity contribution in [3.8, 4) is 0 Å². The second-order valence-corrected chi connectivity index (χ2v) is 9.37. The first kappa shape index (κ1) is 22.6. The standard InChI is InChI=1S/C26H31N5O3/c1-16(32)31-10-8-17(9-11-31)25-29-21-7-6-19(13-22(21)30-25)26(34)28-15-24(33)23-12-18-4-2-3-5-20(18)14-27-23/h2-7,13,17,23-24,27,33H,8-12,14-15H2,1H3,(H,28,34)(H,29,30)/t23-,24?/m0/s1. The molecule has 2 aliphatic rings. The fraction of sp³-hybridized carbons (Fsp3) is 0.423. The van der Waals surface area contributed by atoms with Gasteiger partial charge in [-0.2, -0.15) is 0 Å². The van der Waals surface area contributed by atoms with Crippen LogP contribution >= 0.6 is 0 Å². The third kappa shape index (κ3) is 4.69. The van der Waals surface area contributed by atoms with Crippen LogP contribution in [0.15, 0.2) is 42.5 Å². The normalized spacial score (nSPS) is 19.6. The summed E-state index contributed by atoms with van der Waals surface area (Å²) >= 11 is 0. The quantitative estimate of drug-likeness (QED) is 0.465. The Hall–Kier alpha value is -3.23. The Morgan fingerprint density at radius 3 is 2.71 bits per heavy atom. The number of nitrogens with one attached hydrogen (secondary N) is 3. The maximum absolute atomic E-state index is 12.8. The van der Waals surface area contributed by atoms with Crippen LogP contribution in [0.5, 0.6) is 0 Å². The van der Waals surface area contributed by atoms with E-state index in [-0.39, 0.29) is 30.3 Å². The molecule has 2 aliphatic heterocycles. The predicted octanol–water partition coefficient (Wildman–Crippen LogP) is 2.09. The topological polar surface area (TPSA) is 110 Å². The van der Waals surface area contributed by atoms with Gasteiger partial charge in [0.2, 0.25) is 5.91 Å². The fourth-order valence-electron chi connectivity index (χ4n) is 5.02. The van der Waals surface area contributed by atoms with E-state index >= 15 is 0 Å². The molecular weight excluding hydrogens is 430 g/mol. The second-order valence-electron chi connectivity index (χ2n) is 9.37. The van der Waals surface area contributed by atoms with Crippen molar-refractivity contribution >= 4 is 22.8 Å². The number of carbonyl (C=O) groups excluding carboxylic acids is 2. The van der Waals surface area contributed by atoms with Crippen LogP contribution < -0.4 is 10.6 Å². The predicted molar refractivity (Wildman–Crippen MR) is 129 cm³/mol. The minimum absolute atomic E-state index is 0.0951. The number of piperidine rings is 1. The van der Waals surface area contributed by atoms with Crippen LogP contribution in [-0.2, 0) is 17.8 Å². The number of aliphatic hydroxyl groups is 1. The highest BCUT2D eigenvalue weighted by molar-refractivity contribution is 5.97. The molecule has 2 atom stereocenters. The summed E-state index contributed by atoms with van der Waals surface area (Å²) in [7, 11) is 0.